The van der Waals surface area contributed by atoms with Crippen LogP contribution in [0.2, 0.25) is 0 Å². The van der Waals surface area contributed by atoms with E-state index in [9.17, 15) is 14.4 Å². The van der Waals surface area contributed by atoms with Crippen molar-refractivity contribution in [2.75, 3.05) is 13.2 Å². The second kappa shape index (κ2) is 67.5. The molecule has 6 heteroatoms. The van der Waals surface area contributed by atoms with Crippen LogP contribution in [-0.4, -0.2) is 37.2 Å². The Morgan fingerprint density at radius 2 is 0.457 bits per heavy atom. The average Bonchev–Trinajstić information content (AvgIpc) is 3.46. The highest BCUT2D eigenvalue weighted by Gasteiger charge is 2.19. The fraction of sp³-hybridized carbons (Fsp3) is 0.613. The van der Waals surface area contributed by atoms with Gasteiger partial charge in [0.25, 0.3) is 0 Å². The SMILES string of the molecule is CC/C=C\C/C=C\C/C=C\C/C=C\C/C=C\CCCCCCCCCCCCCCCCCCCC(=O)OCC(COC(=O)CCCCC/C=C\C/C=C\C/C=C\CC)OC(=O)CCC/C=C\C/C=C\C/C=C\C/C=C\C/C=C\CC. The predicted octanol–water partition coefficient (Wildman–Crippen LogP) is 22.9. The van der Waals surface area contributed by atoms with E-state index in [1.807, 2.05) is 0 Å². The number of esters is 3. The number of carbonyl (C=O) groups is 3. The highest BCUT2D eigenvalue weighted by molar-refractivity contribution is 5.71. The molecule has 0 fully saturated rings. The highest BCUT2D eigenvalue weighted by atomic mass is 16.6. The number of ether oxygens (including phenoxy) is 3. The Hall–Kier alpha value is -4.97. The Labute approximate surface area is 499 Å². The quantitative estimate of drug-likeness (QED) is 0.0261. The van der Waals surface area contributed by atoms with E-state index >= 15 is 0 Å². The predicted molar refractivity (Wildman–Crippen MR) is 352 cm³/mol. The minimum Gasteiger partial charge on any atom is -0.462 e. The largest absolute Gasteiger partial charge is 0.462 e. The number of carbonyl (C=O) groups excluding carboxylic acids is 3. The molecule has 0 aliphatic rings. The second-order valence-corrected chi connectivity index (χ2v) is 21.2. The maximum atomic E-state index is 12.9. The van der Waals surface area contributed by atoms with Crippen molar-refractivity contribution in [2.24, 2.45) is 0 Å². The summed E-state index contributed by atoms with van der Waals surface area (Å²) in [7, 11) is 0. The standard InChI is InChI=1S/C75H120O6/c1-4-7-10-13-16-19-22-25-27-29-30-31-32-33-34-35-36-37-38-39-40-41-42-43-44-46-47-50-53-56-59-62-65-68-74(77)80-71-72(70-79-73(76)67-64-61-58-55-52-49-24-21-18-15-12-9-6-3)81-75(78)69-66-63-60-57-54-51-48-45-28-26-23-20-17-14-11-8-5-2/h7-12,16-21,25-28,30-31,33-34,48-49,51-52,57,60,72H,4-6,13-15,22-24,29,32,35-47,50,53-56,58-59,61-71H2,1-3H3/b10-7-,11-8-,12-9-,19-16-,20-17-,21-18-,27-25-,28-26-,31-30-,34-33-,51-48-,52-49-,60-57-. The second-order valence-electron chi connectivity index (χ2n) is 21.2. The molecular weight excluding hydrogens is 997 g/mol. The summed E-state index contributed by atoms with van der Waals surface area (Å²) in [4.78, 5) is 38.3. The molecule has 0 saturated carbocycles. The average molecular weight is 1120 g/mol. The van der Waals surface area contributed by atoms with Crippen molar-refractivity contribution in [3.63, 3.8) is 0 Å². The fourth-order valence-corrected chi connectivity index (χ4v) is 8.70. The molecule has 0 spiro atoms. The zero-order valence-electron chi connectivity index (χ0n) is 52.2. The van der Waals surface area contributed by atoms with E-state index in [4.69, 9.17) is 14.2 Å². The summed E-state index contributed by atoms with van der Waals surface area (Å²) in [6.45, 7) is 6.23. The van der Waals surface area contributed by atoms with Crippen LogP contribution in [-0.2, 0) is 28.6 Å². The molecule has 456 valence electrons. The summed E-state index contributed by atoms with van der Waals surface area (Å²) >= 11 is 0. The molecule has 0 radical (unpaired) electrons. The lowest BCUT2D eigenvalue weighted by molar-refractivity contribution is -0.167. The zero-order valence-corrected chi connectivity index (χ0v) is 52.2. The third kappa shape index (κ3) is 65.7. The molecule has 1 unspecified atom stereocenters. The molecule has 0 rings (SSSR count). The van der Waals surface area contributed by atoms with Crippen LogP contribution >= 0.6 is 0 Å². The molecule has 0 amide bonds. The molecule has 6 nitrogen and oxygen atoms in total. The molecule has 0 N–H and O–H groups in total. The van der Waals surface area contributed by atoms with Gasteiger partial charge in [0.2, 0.25) is 0 Å². The maximum Gasteiger partial charge on any atom is 0.306 e. The van der Waals surface area contributed by atoms with Crippen LogP contribution < -0.4 is 0 Å². The van der Waals surface area contributed by atoms with E-state index in [1.54, 1.807) is 0 Å². The van der Waals surface area contributed by atoms with E-state index in [2.05, 4.69) is 179 Å². The first-order chi connectivity index (χ1) is 40.0. The maximum absolute atomic E-state index is 12.9. The minimum absolute atomic E-state index is 0.114. The normalized spacial score (nSPS) is 13.2. The van der Waals surface area contributed by atoms with E-state index in [-0.39, 0.29) is 37.5 Å². The molecule has 0 aromatic rings. The summed E-state index contributed by atoms with van der Waals surface area (Å²) in [6, 6.07) is 0. The number of allylic oxidation sites excluding steroid dienone is 26. The third-order valence-corrected chi connectivity index (χ3v) is 13.5. The van der Waals surface area contributed by atoms with Gasteiger partial charge in [0.15, 0.2) is 6.10 Å². The van der Waals surface area contributed by atoms with Crippen molar-refractivity contribution < 1.29 is 28.6 Å². The van der Waals surface area contributed by atoms with Crippen molar-refractivity contribution in [2.45, 2.75) is 284 Å². The molecule has 0 heterocycles. The van der Waals surface area contributed by atoms with E-state index < -0.39 is 6.10 Å². The lowest BCUT2D eigenvalue weighted by Crippen LogP contribution is -2.30. The molecule has 0 bridgehead atoms. The zero-order chi connectivity index (χ0) is 58.5. The van der Waals surface area contributed by atoms with Crippen LogP contribution in [0.25, 0.3) is 0 Å². The first-order valence-corrected chi connectivity index (χ1v) is 33.0. The molecule has 0 aromatic heterocycles. The Morgan fingerprint density at radius 1 is 0.247 bits per heavy atom. The molecule has 0 saturated heterocycles. The number of rotatable bonds is 58. The summed E-state index contributed by atoms with van der Waals surface area (Å²) in [6.07, 6.45) is 98.5. The van der Waals surface area contributed by atoms with Gasteiger partial charge in [-0.1, -0.05) is 281 Å². The van der Waals surface area contributed by atoms with Crippen LogP contribution in [0.1, 0.15) is 278 Å². The van der Waals surface area contributed by atoms with Crippen molar-refractivity contribution >= 4 is 17.9 Å². The molecule has 81 heavy (non-hydrogen) atoms. The third-order valence-electron chi connectivity index (χ3n) is 13.5. The van der Waals surface area contributed by atoms with Gasteiger partial charge in [0.05, 0.1) is 0 Å². The summed E-state index contributed by atoms with van der Waals surface area (Å²) in [5.41, 5.74) is 0. The smallest absolute Gasteiger partial charge is 0.306 e. The van der Waals surface area contributed by atoms with E-state index in [0.717, 1.165) is 135 Å². The van der Waals surface area contributed by atoms with Crippen LogP contribution in [0, 0.1) is 0 Å². The topological polar surface area (TPSA) is 78.9 Å². The Kier molecular flexibility index (Phi) is 63.4. The molecule has 0 aliphatic heterocycles. The summed E-state index contributed by atoms with van der Waals surface area (Å²) < 4.78 is 16.8. The first kappa shape index (κ1) is 76.0. The van der Waals surface area contributed by atoms with Crippen molar-refractivity contribution in [3.8, 4) is 0 Å². The van der Waals surface area contributed by atoms with Gasteiger partial charge in [-0.25, -0.2) is 0 Å². The number of hydrogen-bond donors (Lipinski definition) is 0. The first-order valence-electron chi connectivity index (χ1n) is 33.0. The van der Waals surface area contributed by atoms with Gasteiger partial charge >= 0.3 is 17.9 Å². The van der Waals surface area contributed by atoms with Gasteiger partial charge < -0.3 is 14.2 Å². The van der Waals surface area contributed by atoms with Crippen LogP contribution in [0.15, 0.2) is 158 Å². The summed E-state index contributed by atoms with van der Waals surface area (Å²) in [5, 5.41) is 0. The molecule has 0 aromatic carbocycles. The van der Waals surface area contributed by atoms with Crippen LogP contribution in [0.5, 0.6) is 0 Å². The highest BCUT2D eigenvalue weighted by Crippen LogP contribution is 2.16. The fourth-order valence-electron chi connectivity index (χ4n) is 8.70. The van der Waals surface area contributed by atoms with Gasteiger partial charge in [-0.3, -0.25) is 14.4 Å². The molecule has 0 aliphatic carbocycles. The molecule has 1 atom stereocenters. The van der Waals surface area contributed by atoms with Crippen molar-refractivity contribution in [3.05, 3.63) is 158 Å². The van der Waals surface area contributed by atoms with Gasteiger partial charge in [-0.2, -0.15) is 0 Å². The van der Waals surface area contributed by atoms with Gasteiger partial charge in [-0.05, 0) is 135 Å². The van der Waals surface area contributed by atoms with Gasteiger partial charge in [-0.15, -0.1) is 0 Å². The van der Waals surface area contributed by atoms with E-state index in [0.29, 0.717) is 19.3 Å². The number of unbranched alkanes of at least 4 members (excludes halogenated alkanes) is 21. The lowest BCUT2D eigenvalue weighted by atomic mass is 10.0. The van der Waals surface area contributed by atoms with Crippen LogP contribution in [0.4, 0.5) is 0 Å². The Balaban J connectivity index is 4.27. The Morgan fingerprint density at radius 3 is 0.741 bits per heavy atom. The lowest BCUT2D eigenvalue weighted by Gasteiger charge is -2.18. The van der Waals surface area contributed by atoms with Crippen molar-refractivity contribution in [1.82, 2.24) is 0 Å². The van der Waals surface area contributed by atoms with E-state index in [1.165, 1.54) is 96.3 Å². The minimum atomic E-state index is -0.826. The van der Waals surface area contributed by atoms with Gasteiger partial charge in [0, 0.05) is 19.3 Å². The molecular formula is C75H120O6. The summed E-state index contributed by atoms with van der Waals surface area (Å²) in [5.74, 6) is -1.00. The van der Waals surface area contributed by atoms with Gasteiger partial charge in [0.1, 0.15) is 13.2 Å². The number of hydrogen-bond acceptors (Lipinski definition) is 6. The Bertz CT molecular complexity index is 1810. The van der Waals surface area contributed by atoms with Crippen LogP contribution in [0.3, 0.4) is 0 Å². The monoisotopic (exact) mass is 1120 g/mol. The van der Waals surface area contributed by atoms with Crippen molar-refractivity contribution in [1.29, 1.82) is 0 Å².